The maximum Gasteiger partial charge on any atom is 0.319 e. The van der Waals surface area contributed by atoms with Gasteiger partial charge >= 0.3 is 6.03 Å². The van der Waals surface area contributed by atoms with Gasteiger partial charge in [-0.25, -0.2) is 9.48 Å². The van der Waals surface area contributed by atoms with E-state index in [0.29, 0.717) is 12.1 Å². The molecule has 0 spiro atoms. The summed E-state index contributed by atoms with van der Waals surface area (Å²) >= 11 is 0. The lowest BCUT2D eigenvalue weighted by atomic mass is 10.2. The number of hydrogen-bond acceptors (Lipinski definition) is 3. The Morgan fingerprint density at radius 2 is 2.15 bits per heavy atom. The lowest BCUT2D eigenvalue weighted by Gasteiger charge is -2.13. The van der Waals surface area contributed by atoms with Crippen LogP contribution in [-0.2, 0) is 0 Å². The van der Waals surface area contributed by atoms with Crippen molar-refractivity contribution in [3.8, 4) is 5.69 Å². The molecule has 20 heavy (non-hydrogen) atoms. The average Bonchev–Trinajstić information content (AvgIpc) is 2.93. The molecule has 0 radical (unpaired) electrons. The number of hydrogen-bond donors (Lipinski definition) is 3. The van der Waals surface area contributed by atoms with Gasteiger partial charge in [0.05, 0.1) is 5.69 Å². The van der Waals surface area contributed by atoms with Crippen molar-refractivity contribution in [2.24, 2.45) is 0 Å². The average molecular weight is 274 g/mol. The summed E-state index contributed by atoms with van der Waals surface area (Å²) in [5.41, 5.74) is 1.63. The van der Waals surface area contributed by atoms with Gasteiger partial charge in [0.15, 0.2) is 0 Å². The summed E-state index contributed by atoms with van der Waals surface area (Å²) in [4.78, 5) is 11.7. The number of carbonyl (C=O) groups excluding carboxylic acids is 1. The monoisotopic (exact) mass is 274 g/mol. The van der Waals surface area contributed by atoms with Crippen LogP contribution in [0, 0.1) is 0 Å². The first-order chi connectivity index (χ1) is 9.69. The van der Waals surface area contributed by atoms with Crippen molar-refractivity contribution < 1.29 is 9.90 Å². The molecule has 1 heterocycles. The van der Waals surface area contributed by atoms with Gasteiger partial charge in [0, 0.05) is 30.7 Å². The maximum absolute atomic E-state index is 11.7. The Kier molecular flexibility index (Phi) is 4.73. The Hall–Kier alpha value is -2.34. The molecule has 3 N–H and O–H groups in total. The van der Waals surface area contributed by atoms with Crippen molar-refractivity contribution in [1.82, 2.24) is 15.1 Å². The fourth-order valence-corrected chi connectivity index (χ4v) is 1.78. The number of rotatable bonds is 5. The van der Waals surface area contributed by atoms with Gasteiger partial charge in [0.1, 0.15) is 0 Å². The number of benzene rings is 1. The molecule has 2 rings (SSSR count). The smallest absolute Gasteiger partial charge is 0.319 e. The van der Waals surface area contributed by atoms with E-state index in [1.165, 1.54) is 0 Å². The number of nitrogens with one attached hydrogen (secondary N) is 2. The molecule has 1 atom stereocenters. The molecular formula is C14H18N4O2. The molecular weight excluding hydrogens is 256 g/mol. The van der Waals surface area contributed by atoms with Crippen LogP contribution in [-0.4, -0.2) is 33.6 Å². The molecule has 1 aromatic carbocycles. The minimum atomic E-state index is -0.280. The van der Waals surface area contributed by atoms with Crippen LogP contribution in [0.25, 0.3) is 5.69 Å². The highest BCUT2D eigenvalue weighted by Crippen LogP contribution is 2.12. The van der Waals surface area contributed by atoms with Crippen LogP contribution in [0.3, 0.4) is 0 Å². The third-order valence-corrected chi connectivity index (χ3v) is 2.83. The van der Waals surface area contributed by atoms with Crippen LogP contribution in [0.2, 0.25) is 0 Å². The predicted octanol–water partition coefficient (Wildman–Crippen LogP) is 1.76. The van der Waals surface area contributed by atoms with Crippen molar-refractivity contribution in [3.05, 3.63) is 42.7 Å². The highest BCUT2D eigenvalue weighted by atomic mass is 16.3. The van der Waals surface area contributed by atoms with Gasteiger partial charge in [-0.3, -0.25) is 0 Å². The molecule has 6 heteroatoms. The van der Waals surface area contributed by atoms with E-state index in [2.05, 4.69) is 15.7 Å². The molecule has 1 aromatic heterocycles. The lowest BCUT2D eigenvalue weighted by molar-refractivity contribution is 0.241. The highest BCUT2D eigenvalue weighted by molar-refractivity contribution is 5.89. The number of anilines is 1. The summed E-state index contributed by atoms with van der Waals surface area (Å²) in [6.45, 7) is 1.90. The summed E-state index contributed by atoms with van der Waals surface area (Å²) in [6.07, 6.45) is 4.10. The van der Waals surface area contributed by atoms with Crippen molar-refractivity contribution in [2.75, 3.05) is 11.9 Å². The molecule has 0 aliphatic rings. The summed E-state index contributed by atoms with van der Waals surface area (Å²) in [7, 11) is 0. The molecule has 2 amide bonds. The molecule has 106 valence electrons. The van der Waals surface area contributed by atoms with Gasteiger partial charge in [-0.2, -0.15) is 5.10 Å². The van der Waals surface area contributed by atoms with Gasteiger partial charge in [0.25, 0.3) is 0 Å². The second kappa shape index (κ2) is 6.72. The lowest BCUT2D eigenvalue weighted by Crippen LogP contribution is -2.36. The van der Waals surface area contributed by atoms with Crippen LogP contribution in [0.4, 0.5) is 10.5 Å². The highest BCUT2D eigenvalue weighted by Gasteiger charge is 2.06. The normalized spacial score (nSPS) is 11.9. The van der Waals surface area contributed by atoms with E-state index in [-0.39, 0.29) is 18.7 Å². The molecule has 0 bridgehead atoms. The molecule has 0 saturated heterocycles. The SMILES string of the molecule is C[C@H](CCO)NC(=O)Nc1ccc(-n2cccn2)cc1. The zero-order chi connectivity index (χ0) is 14.4. The number of carbonyl (C=O) groups is 1. The van der Waals surface area contributed by atoms with E-state index in [1.807, 2.05) is 43.5 Å². The summed E-state index contributed by atoms with van der Waals surface area (Å²) in [6, 6.07) is 8.88. The first kappa shape index (κ1) is 14.1. The Bertz CT molecular complexity index is 537. The van der Waals surface area contributed by atoms with Gasteiger partial charge in [0.2, 0.25) is 0 Å². The van der Waals surface area contributed by atoms with Crippen LogP contribution >= 0.6 is 0 Å². The zero-order valence-corrected chi connectivity index (χ0v) is 11.3. The van der Waals surface area contributed by atoms with Gasteiger partial charge in [-0.1, -0.05) is 0 Å². The van der Waals surface area contributed by atoms with Crippen molar-refractivity contribution >= 4 is 11.7 Å². The first-order valence-electron chi connectivity index (χ1n) is 6.47. The number of aliphatic hydroxyl groups excluding tert-OH is 1. The standard InChI is InChI=1S/C14H18N4O2/c1-11(7-10-19)16-14(20)17-12-3-5-13(6-4-12)18-9-2-8-15-18/h2-6,8-9,11,19H,7,10H2,1H3,(H2,16,17,20)/t11-/m1/s1. The van der Waals surface area contributed by atoms with Crippen molar-refractivity contribution in [2.45, 2.75) is 19.4 Å². The molecule has 6 nitrogen and oxygen atoms in total. The minimum absolute atomic E-state index is 0.0556. The van der Waals surface area contributed by atoms with Gasteiger partial charge in [-0.05, 0) is 43.7 Å². The number of urea groups is 1. The van der Waals surface area contributed by atoms with E-state index in [4.69, 9.17) is 5.11 Å². The molecule has 2 aromatic rings. The van der Waals surface area contributed by atoms with E-state index in [0.717, 1.165) is 5.69 Å². The minimum Gasteiger partial charge on any atom is -0.396 e. The summed E-state index contributed by atoms with van der Waals surface area (Å²) in [5, 5.41) is 18.4. The van der Waals surface area contributed by atoms with Crippen LogP contribution in [0.1, 0.15) is 13.3 Å². The van der Waals surface area contributed by atoms with Crippen LogP contribution in [0.5, 0.6) is 0 Å². The van der Waals surface area contributed by atoms with E-state index in [1.54, 1.807) is 10.9 Å². The molecule has 0 saturated carbocycles. The topological polar surface area (TPSA) is 79.2 Å². The molecule has 0 aliphatic heterocycles. The van der Waals surface area contributed by atoms with Gasteiger partial charge < -0.3 is 15.7 Å². The Morgan fingerprint density at radius 3 is 2.75 bits per heavy atom. The van der Waals surface area contributed by atoms with E-state index in [9.17, 15) is 4.79 Å². The third-order valence-electron chi connectivity index (χ3n) is 2.83. The van der Waals surface area contributed by atoms with E-state index >= 15 is 0 Å². The first-order valence-corrected chi connectivity index (χ1v) is 6.47. The maximum atomic E-state index is 11.7. The van der Waals surface area contributed by atoms with Crippen LogP contribution in [0.15, 0.2) is 42.7 Å². The van der Waals surface area contributed by atoms with Crippen molar-refractivity contribution in [3.63, 3.8) is 0 Å². The number of aromatic nitrogens is 2. The second-order valence-electron chi connectivity index (χ2n) is 4.51. The van der Waals surface area contributed by atoms with Crippen molar-refractivity contribution in [1.29, 1.82) is 0 Å². The largest absolute Gasteiger partial charge is 0.396 e. The summed E-state index contributed by atoms with van der Waals surface area (Å²) < 4.78 is 1.74. The Morgan fingerprint density at radius 1 is 1.40 bits per heavy atom. The van der Waals surface area contributed by atoms with Gasteiger partial charge in [-0.15, -0.1) is 0 Å². The number of nitrogens with zero attached hydrogens (tertiary/aromatic N) is 2. The molecule has 0 unspecified atom stereocenters. The predicted molar refractivity (Wildman–Crippen MR) is 76.9 cm³/mol. The van der Waals surface area contributed by atoms with E-state index < -0.39 is 0 Å². The number of amides is 2. The summed E-state index contributed by atoms with van der Waals surface area (Å²) in [5.74, 6) is 0. The Balaban J connectivity index is 1.92. The molecule has 0 fully saturated rings. The second-order valence-corrected chi connectivity index (χ2v) is 4.51. The zero-order valence-electron chi connectivity index (χ0n) is 11.3. The Labute approximate surface area is 117 Å². The number of aliphatic hydroxyl groups is 1. The fraction of sp³-hybridized carbons (Fsp3) is 0.286. The van der Waals surface area contributed by atoms with Crippen LogP contribution < -0.4 is 10.6 Å². The molecule has 0 aliphatic carbocycles. The quantitative estimate of drug-likeness (QED) is 0.777. The third kappa shape index (κ3) is 3.83. The fourth-order valence-electron chi connectivity index (χ4n) is 1.78.